The van der Waals surface area contributed by atoms with Crippen molar-refractivity contribution < 1.29 is 18.8 Å². The number of nitrogens with one attached hydrogen (secondary N) is 1. The van der Waals surface area contributed by atoms with Gasteiger partial charge in [0.05, 0.1) is 0 Å². The van der Waals surface area contributed by atoms with Gasteiger partial charge >= 0.3 is 0 Å². The summed E-state index contributed by atoms with van der Waals surface area (Å²) >= 11 is 0. The van der Waals surface area contributed by atoms with E-state index in [2.05, 4.69) is 33.2 Å². The van der Waals surface area contributed by atoms with Crippen molar-refractivity contribution in [2.45, 2.75) is 19.1 Å². The topological polar surface area (TPSA) is 74.5 Å². The Hall–Kier alpha value is -3.68. The van der Waals surface area contributed by atoms with Crippen LogP contribution in [0.15, 0.2) is 71.3 Å². The quantitative estimate of drug-likeness (QED) is 0.379. The molecule has 0 aliphatic carbocycles. The molecule has 0 unspecified atom stereocenters. The number of benzene rings is 3. The van der Waals surface area contributed by atoms with Gasteiger partial charge < -0.3 is 19.4 Å². The summed E-state index contributed by atoms with van der Waals surface area (Å²) in [6.07, 6.45) is 0.373. The van der Waals surface area contributed by atoms with E-state index in [9.17, 15) is 9.50 Å². The Morgan fingerprint density at radius 3 is 2.82 bits per heavy atom. The minimum Gasteiger partial charge on any atom is -0.491 e. The molecular weight excluding hydrogens is 433 g/mol. The average Bonchev–Trinajstić information content (AvgIpc) is 3.43. The lowest BCUT2D eigenvalue weighted by Gasteiger charge is -2.28. The van der Waals surface area contributed by atoms with Crippen LogP contribution in [0.4, 0.5) is 4.39 Å². The van der Waals surface area contributed by atoms with E-state index in [0.717, 1.165) is 30.5 Å². The Kier molecular flexibility index (Phi) is 5.28. The van der Waals surface area contributed by atoms with Crippen LogP contribution < -0.4 is 4.74 Å². The van der Waals surface area contributed by atoms with Gasteiger partial charge in [-0.15, -0.1) is 0 Å². The average molecular weight is 458 g/mol. The normalized spacial score (nSPS) is 15.0. The van der Waals surface area contributed by atoms with Gasteiger partial charge in [0.15, 0.2) is 5.58 Å². The predicted molar refractivity (Wildman–Crippen MR) is 128 cm³/mol. The Morgan fingerprint density at radius 2 is 1.94 bits per heavy atom. The van der Waals surface area contributed by atoms with Gasteiger partial charge in [0, 0.05) is 53.2 Å². The number of nitrogens with zero attached hydrogens (tertiary/aromatic N) is 2. The second kappa shape index (κ2) is 8.59. The minimum absolute atomic E-state index is 0.210. The minimum atomic E-state index is -0.597. The van der Waals surface area contributed by atoms with E-state index in [1.807, 2.05) is 30.3 Å². The second-order valence-electron chi connectivity index (χ2n) is 8.77. The van der Waals surface area contributed by atoms with Crippen molar-refractivity contribution in [3.8, 4) is 17.0 Å². The molecular formula is C27H24FN3O3. The number of H-pyrrole nitrogens is 1. The van der Waals surface area contributed by atoms with Crippen LogP contribution in [0.5, 0.6) is 5.75 Å². The largest absolute Gasteiger partial charge is 0.491 e. The highest BCUT2D eigenvalue weighted by atomic mass is 19.1. The number of β-amino-alcohol motifs (C(OH)–C–C–N with tert-alkyl or cyclic N) is 1. The number of halogens is 1. The van der Waals surface area contributed by atoms with Gasteiger partial charge in [-0.3, -0.25) is 4.90 Å². The molecule has 34 heavy (non-hydrogen) atoms. The molecule has 3 heterocycles. The van der Waals surface area contributed by atoms with E-state index in [1.54, 1.807) is 6.07 Å². The highest BCUT2D eigenvalue weighted by Gasteiger charge is 2.22. The fourth-order valence-electron chi connectivity index (χ4n) is 4.78. The summed E-state index contributed by atoms with van der Waals surface area (Å²) in [6.45, 7) is 2.47. The summed E-state index contributed by atoms with van der Waals surface area (Å²) in [7, 11) is 0. The number of aromatic nitrogens is 2. The molecule has 172 valence electrons. The molecule has 2 N–H and O–H groups in total. The van der Waals surface area contributed by atoms with Crippen LogP contribution in [0, 0.1) is 5.82 Å². The lowest BCUT2D eigenvalue weighted by atomic mass is 10.0. The summed E-state index contributed by atoms with van der Waals surface area (Å²) in [5.74, 6) is 0.307. The van der Waals surface area contributed by atoms with E-state index in [4.69, 9.17) is 9.26 Å². The summed E-state index contributed by atoms with van der Waals surface area (Å²) in [5, 5.41) is 16.7. The number of fused-ring (bicyclic) bond motifs is 4. The Labute approximate surface area is 195 Å². The molecule has 0 amide bonds. The number of aliphatic hydroxyl groups excluding tert-OH is 1. The molecule has 6 nitrogen and oxygen atoms in total. The maximum absolute atomic E-state index is 13.4. The zero-order valence-electron chi connectivity index (χ0n) is 18.5. The fraction of sp³-hybridized carbons (Fsp3) is 0.222. The Morgan fingerprint density at radius 1 is 1.09 bits per heavy atom. The van der Waals surface area contributed by atoms with Crippen molar-refractivity contribution in [2.75, 3.05) is 19.7 Å². The van der Waals surface area contributed by atoms with Crippen LogP contribution in [0.2, 0.25) is 0 Å². The molecule has 3 aromatic carbocycles. The Bertz CT molecular complexity index is 1460. The van der Waals surface area contributed by atoms with Gasteiger partial charge in [-0.2, -0.15) is 0 Å². The van der Waals surface area contributed by atoms with E-state index < -0.39 is 6.10 Å². The third kappa shape index (κ3) is 3.93. The molecule has 1 aliphatic heterocycles. The van der Waals surface area contributed by atoms with Crippen LogP contribution in [0.3, 0.4) is 0 Å². The molecule has 6 rings (SSSR count). The van der Waals surface area contributed by atoms with Gasteiger partial charge in [0.2, 0.25) is 0 Å². The van der Waals surface area contributed by atoms with Crippen molar-refractivity contribution in [3.05, 3.63) is 83.8 Å². The molecule has 5 aromatic rings. The van der Waals surface area contributed by atoms with Crippen molar-refractivity contribution in [2.24, 2.45) is 0 Å². The van der Waals surface area contributed by atoms with Gasteiger partial charge in [0.1, 0.15) is 30.0 Å². The lowest BCUT2D eigenvalue weighted by molar-refractivity contribution is 0.0634. The van der Waals surface area contributed by atoms with Crippen LogP contribution in [0.25, 0.3) is 33.1 Å². The van der Waals surface area contributed by atoms with Crippen molar-refractivity contribution in [1.82, 2.24) is 15.0 Å². The number of hydrogen-bond acceptors (Lipinski definition) is 5. The molecule has 0 bridgehead atoms. The van der Waals surface area contributed by atoms with E-state index in [0.29, 0.717) is 23.6 Å². The fourth-order valence-corrected chi connectivity index (χ4v) is 4.78. The number of hydrogen-bond donors (Lipinski definition) is 2. The first-order valence-electron chi connectivity index (χ1n) is 11.4. The molecule has 0 spiro atoms. The SMILES string of the molecule is O[C@H](COc1ccc(-c2noc3cc(F)ccc23)cc1)CN1CCc2c([nH]c3ccccc23)C1. The van der Waals surface area contributed by atoms with Gasteiger partial charge in [0.25, 0.3) is 0 Å². The number of aromatic amines is 1. The van der Waals surface area contributed by atoms with Gasteiger partial charge in [-0.25, -0.2) is 4.39 Å². The first kappa shape index (κ1) is 20.9. The monoisotopic (exact) mass is 457 g/mol. The zero-order valence-corrected chi connectivity index (χ0v) is 18.5. The maximum atomic E-state index is 13.4. The van der Waals surface area contributed by atoms with Gasteiger partial charge in [-0.05, 0) is 54.4 Å². The maximum Gasteiger partial charge on any atom is 0.170 e. The van der Waals surface area contributed by atoms with Crippen LogP contribution in [0.1, 0.15) is 11.3 Å². The summed E-state index contributed by atoms with van der Waals surface area (Å²) in [5.41, 5.74) is 5.72. The molecule has 0 radical (unpaired) electrons. The summed E-state index contributed by atoms with van der Waals surface area (Å²) < 4.78 is 24.4. The highest BCUT2D eigenvalue weighted by molar-refractivity contribution is 5.91. The number of para-hydroxylation sites is 1. The third-order valence-electron chi connectivity index (χ3n) is 6.43. The standard InChI is InChI=1S/C27H24FN3O3/c28-18-7-10-23-26(13-18)34-30-27(23)17-5-8-20(9-6-17)33-16-19(32)14-31-12-11-22-21-3-1-2-4-24(21)29-25(22)15-31/h1-10,13,19,29,32H,11-12,14-16H2/t19-/m0/s1. The molecule has 0 saturated carbocycles. The molecule has 0 saturated heterocycles. The number of ether oxygens (including phenoxy) is 1. The van der Waals surface area contributed by atoms with Crippen molar-refractivity contribution >= 4 is 21.9 Å². The van der Waals surface area contributed by atoms with E-state index >= 15 is 0 Å². The number of rotatable bonds is 6. The van der Waals surface area contributed by atoms with Crippen molar-refractivity contribution in [3.63, 3.8) is 0 Å². The zero-order chi connectivity index (χ0) is 23.1. The second-order valence-corrected chi connectivity index (χ2v) is 8.77. The first-order chi connectivity index (χ1) is 16.6. The summed E-state index contributed by atoms with van der Waals surface area (Å²) in [4.78, 5) is 5.78. The van der Waals surface area contributed by atoms with E-state index in [1.165, 1.54) is 34.3 Å². The number of aliphatic hydroxyl groups is 1. The van der Waals surface area contributed by atoms with Crippen molar-refractivity contribution in [1.29, 1.82) is 0 Å². The van der Waals surface area contributed by atoms with Gasteiger partial charge in [-0.1, -0.05) is 23.4 Å². The lowest BCUT2D eigenvalue weighted by Crippen LogP contribution is -2.38. The summed E-state index contributed by atoms with van der Waals surface area (Å²) in [6, 6.07) is 20.2. The molecule has 0 fully saturated rings. The van der Waals surface area contributed by atoms with Crippen LogP contribution in [-0.2, 0) is 13.0 Å². The van der Waals surface area contributed by atoms with Crippen LogP contribution >= 0.6 is 0 Å². The van der Waals surface area contributed by atoms with E-state index in [-0.39, 0.29) is 12.4 Å². The molecule has 2 aromatic heterocycles. The predicted octanol–water partition coefficient (Wildman–Crippen LogP) is 4.91. The van der Waals surface area contributed by atoms with Crippen LogP contribution in [-0.4, -0.2) is 45.9 Å². The third-order valence-corrected chi connectivity index (χ3v) is 6.43. The molecule has 7 heteroatoms. The highest BCUT2D eigenvalue weighted by Crippen LogP contribution is 2.30. The molecule has 1 atom stereocenters. The Balaban J connectivity index is 1.06. The smallest absolute Gasteiger partial charge is 0.170 e. The molecule has 1 aliphatic rings. The first-order valence-corrected chi connectivity index (χ1v) is 11.4.